The zero-order valence-electron chi connectivity index (χ0n) is 27.4. The van der Waals surface area contributed by atoms with Crippen molar-refractivity contribution in [2.45, 2.75) is 18.5 Å². The Bertz CT molecular complexity index is 2640. The average Bonchev–Trinajstić information content (AvgIpc) is 3.14. The van der Waals surface area contributed by atoms with Crippen molar-refractivity contribution in [2.75, 3.05) is 0 Å². The van der Waals surface area contributed by atoms with Gasteiger partial charge in [-0.15, -0.1) is 0 Å². The first-order valence-corrected chi connectivity index (χ1v) is 14.4. The molecule has 0 atom stereocenters. The van der Waals surface area contributed by atoms with Gasteiger partial charge in [-0.05, 0) is 36.4 Å². The fourth-order valence-corrected chi connectivity index (χ4v) is 4.70. The molecule has 0 unspecified atom stereocenters. The Hall–Kier alpha value is -7.76. The third-order valence-electron chi connectivity index (χ3n) is 7.43. The summed E-state index contributed by atoms with van der Waals surface area (Å²) in [6.45, 7) is 0. The monoisotopic (exact) mass is 863 g/mol. The number of benzene rings is 3. The molecule has 0 fully saturated rings. The maximum atomic E-state index is 12.5. The molecule has 0 bridgehead atoms. The molecule has 0 aliphatic rings. The number of nitriles is 3. The molecule has 299 valence electrons. The van der Waals surface area contributed by atoms with Crippen LogP contribution in [0, 0.1) is 81.5 Å². The molecular weight excluding hydrogens is 851 g/mol. The second-order valence-corrected chi connectivity index (χ2v) is 10.8. The normalized spacial score (nSPS) is 11.3. The molecular formula is C30H12F9FeN12O6. The van der Waals surface area contributed by atoms with Gasteiger partial charge in [-0.1, -0.05) is 0 Å². The smallest absolute Gasteiger partial charge is 0.804 e. The zero-order valence-corrected chi connectivity index (χ0v) is 28.5. The second kappa shape index (κ2) is 15.8. The van der Waals surface area contributed by atoms with Crippen LogP contribution in [0.2, 0.25) is 0 Å². The van der Waals surface area contributed by atoms with E-state index >= 15 is 0 Å². The van der Waals surface area contributed by atoms with E-state index in [0.717, 1.165) is 18.2 Å². The van der Waals surface area contributed by atoms with Crippen LogP contribution in [0.15, 0.2) is 54.6 Å². The van der Waals surface area contributed by atoms with Crippen molar-refractivity contribution >= 4 is 33.1 Å². The minimum atomic E-state index is -4.68. The molecule has 18 nitrogen and oxygen atoms in total. The van der Waals surface area contributed by atoms with E-state index < -0.39 is 102 Å². The number of aromatic nitrogens is 6. The van der Waals surface area contributed by atoms with Crippen molar-refractivity contribution in [3.8, 4) is 18.2 Å². The van der Waals surface area contributed by atoms with E-state index in [2.05, 4.69) is 0 Å². The van der Waals surface area contributed by atoms with Gasteiger partial charge < -0.3 is 45.4 Å². The van der Waals surface area contributed by atoms with Crippen LogP contribution in [-0.2, 0) is 35.6 Å². The molecule has 0 saturated heterocycles. The zero-order chi connectivity index (χ0) is 43.1. The summed E-state index contributed by atoms with van der Waals surface area (Å²) in [6.07, 6.45) is -14.0. The molecule has 1 radical (unpaired) electrons. The van der Waals surface area contributed by atoms with E-state index in [9.17, 15) is 70.8 Å². The molecule has 6 rings (SSSR count). The molecule has 0 amide bonds. The largest absolute Gasteiger partial charge is 3.00 e. The summed E-state index contributed by atoms with van der Waals surface area (Å²) in [4.78, 5) is 0. The molecule has 28 heteroatoms. The molecule has 58 heavy (non-hydrogen) atoms. The number of fused-ring (bicyclic) bond motifs is 3. The number of nitrogens with zero attached hydrogens (tertiary/aromatic N) is 9. The standard InChI is InChI=1S/3C10H4F3N4O2.Fe/c3*11-10(12,13)5-1-2-6-7(3-5)17(19)9(15)8(4-14)16(6)18;/h3*1-3,15H;/q3*-1;+3. The van der Waals surface area contributed by atoms with Gasteiger partial charge in [0.05, 0.1) is 16.7 Å². The predicted octanol–water partition coefficient (Wildman–Crippen LogP) is 2.97. The molecule has 6 aromatic rings. The topological polar surface area (TPSA) is 308 Å². The minimum absolute atomic E-state index is 0. The molecule has 3 aromatic heterocycles. The van der Waals surface area contributed by atoms with Crippen LogP contribution in [0.1, 0.15) is 33.8 Å². The number of hydrogen-bond acceptors (Lipinski definition) is 12. The van der Waals surface area contributed by atoms with Crippen molar-refractivity contribution < 1.29 is 70.8 Å². The molecule has 0 aliphatic heterocycles. The Kier molecular flexibility index (Phi) is 12.1. The first kappa shape index (κ1) is 44.6. The Balaban J connectivity index is 0.000000231. The van der Waals surface area contributed by atoms with E-state index in [1.54, 1.807) is 0 Å². The van der Waals surface area contributed by atoms with E-state index in [1.807, 2.05) is 0 Å². The Morgan fingerprint density at radius 2 is 0.672 bits per heavy atom. The summed E-state index contributed by atoms with van der Waals surface area (Å²) in [5, 5.41) is 117. The van der Waals surface area contributed by atoms with Crippen LogP contribution in [0.4, 0.5) is 39.5 Å². The van der Waals surface area contributed by atoms with Crippen molar-refractivity contribution in [2.24, 2.45) is 0 Å². The van der Waals surface area contributed by atoms with Gasteiger partial charge in [0.25, 0.3) is 0 Å². The van der Waals surface area contributed by atoms with Crippen LogP contribution in [-0.4, -0.2) is 14.2 Å². The Morgan fingerprint density at radius 3 is 0.845 bits per heavy atom. The number of nitrogens with one attached hydrogen (secondary N) is 3. The first-order valence-electron chi connectivity index (χ1n) is 14.4. The van der Waals surface area contributed by atoms with Crippen LogP contribution in [0.5, 0.6) is 0 Å². The SMILES string of the molecule is N#Cc1c(=N)n([O-])c2cc(C(F)(F)F)ccc2[n+]1[O-].N#Cc1c(=N)n([O-])c2cc(C(F)(F)F)ccc2[n+]1[O-].N#Cc1c(=N)n([O-])c2cc(C(F)(F)F)ccc2[n+]1[O-].[Fe+3]. The summed E-state index contributed by atoms with van der Waals surface area (Å²) in [7, 11) is 0. The molecule has 3 N–H and O–H groups in total. The van der Waals surface area contributed by atoms with E-state index in [-0.39, 0.29) is 45.5 Å². The van der Waals surface area contributed by atoms with Gasteiger partial charge >= 0.3 is 52.7 Å². The second-order valence-electron chi connectivity index (χ2n) is 10.8. The number of alkyl halides is 9. The van der Waals surface area contributed by atoms with Crippen molar-refractivity contribution in [3.63, 3.8) is 0 Å². The molecule has 3 aromatic carbocycles. The number of hydrogen-bond donors (Lipinski definition) is 3. The summed E-state index contributed by atoms with van der Waals surface area (Å²) in [5.41, 5.74) is -11.7. The third kappa shape index (κ3) is 8.11. The number of rotatable bonds is 0. The summed E-state index contributed by atoms with van der Waals surface area (Å²) in [6, 6.07) is 9.74. The fraction of sp³-hybridized carbons (Fsp3) is 0.100. The van der Waals surface area contributed by atoms with E-state index in [4.69, 9.17) is 32.0 Å². The Labute approximate surface area is 322 Å². The Morgan fingerprint density at radius 1 is 0.466 bits per heavy atom. The molecule has 3 heterocycles. The summed E-state index contributed by atoms with van der Waals surface area (Å²) < 4.78 is 112. The van der Waals surface area contributed by atoms with Gasteiger partial charge in [-0.2, -0.15) is 69.5 Å². The van der Waals surface area contributed by atoms with Crippen LogP contribution < -0.4 is 30.7 Å². The minimum Gasteiger partial charge on any atom is -0.804 e. The number of halogens is 9. The summed E-state index contributed by atoms with van der Waals surface area (Å²) >= 11 is 0. The van der Waals surface area contributed by atoms with Gasteiger partial charge in [0.1, 0.15) is 16.6 Å². The van der Waals surface area contributed by atoms with Crippen LogP contribution in [0.3, 0.4) is 0 Å². The predicted molar refractivity (Wildman–Crippen MR) is 166 cm³/mol. The van der Waals surface area contributed by atoms with E-state index in [0.29, 0.717) is 36.4 Å². The maximum Gasteiger partial charge on any atom is 3.00 e. The average molecular weight is 863 g/mol. The fourth-order valence-electron chi connectivity index (χ4n) is 4.70. The van der Waals surface area contributed by atoms with Crippen molar-refractivity contribution in [1.29, 1.82) is 32.0 Å². The van der Waals surface area contributed by atoms with Crippen molar-refractivity contribution in [1.82, 2.24) is 14.2 Å². The van der Waals surface area contributed by atoms with Gasteiger partial charge in [-0.25, -0.2) is 0 Å². The van der Waals surface area contributed by atoms with Crippen molar-refractivity contribution in [3.05, 3.63) is 136 Å². The summed E-state index contributed by atoms with van der Waals surface area (Å²) in [5.74, 6) is 0. The first-order chi connectivity index (χ1) is 26.3. The van der Waals surface area contributed by atoms with Gasteiger partial charge in [0.2, 0.25) is 33.0 Å². The van der Waals surface area contributed by atoms with E-state index in [1.165, 1.54) is 18.2 Å². The van der Waals surface area contributed by atoms with Gasteiger partial charge in [0.15, 0.2) is 18.2 Å². The van der Waals surface area contributed by atoms with Gasteiger partial charge in [-0.3, -0.25) is 16.2 Å². The molecule has 0 saturated carbocycles. The van der Waals surface area contributed by atoms with Gasteiger partial charge in [0, 0.05) is 18.2 Å². The van der Waals surface area contributed by atoms with Crippen LogP contribution >= 0.6 is 0 Å². The van der Waals surface area contributed by atoms with Crippen LogP contribution in [0.25, 0.3) is 33.1 Å². The third-order valence-corrected chi connectivity index (χ3v) is 7.43. The maximum absolute atomic E-state index is 12.5. The molecule has 0 spiro atoms. The molecule has 0 aliphatic carbocycles. The quantitative estimate of drug-likeness (QED) is 0.0874.